The van der Waals surface area contributed by atoms with Gasteiger partial charge in [0.2, 0.25) is 0 Å². The Bertz CT molecular complexity index is 1620. The van der Waals surface area contributed by atoms with Gasteiger partial charge >= 0.3 is 15.2 Å². The first-order chi connectivity index (χ1) is 18.4. The van der Waals surface area contributed by atoms with Crippen LogP contribution < -0.4 is 5.32 Å². The summed E-state index contributed by atoms with van der Waals surface area (Å²) >= 11 is 6.27. The lowest BCUT2D eigenvalue weighted by Crippen LogP contribution is -2.33. The molecule has 220 valence electrons. The number of benzene rings is 1. The number of rotatable bonds is 10. The molecule has 1 aliphatic rings. The van der Waals surface area contributed by atoms with Crippen molar-refractivity contribution in [1.29, 1.82) is 4.78 Å². The molecular weight excluding hydrogens is 612 g/mol. The number of aliphatic hydroxyl groups is 2. The van der Waals surface area contributed by atoms with E-state index in [0.29, 0.717) is 16.0 Å². The number of aliphatic hydroxyl groups excluding tert-OH is 2. The van der Waals surface area contributed by atoms with Gasteiger partial charge < -0.3 is 39.5 Å². The normalized spacial score (nSPS) is 25.4. The molecule has 1 saturated heterocycles. The number of pyridine rings is 1. The van der Waals surface area contributed by atoms with E-state index in [4.69, 9.17) is 35.4 Å². The van der Waals surface area contributed by atoms with Crippen LogP contribution in [0.4, 0.5) is 5.69 Å². The fraction of sp³-hybridized carbons (Fsp3) is 0.429. The zero-order valence-corrected chi connectivity index (χ0v) is 24.4. The highest BCUT2D eigenvalue weighted by Gasteiger charge is 2.46. The minimum Gasteiger partial charge on any atom is -0.387 e. The second kappa shape index (κ2) is 11.4. The molecule has 2 unspecified atom stereocenters. The van der Waals surface area contributed by atoms with Gasteiger partial charge in [0, 0.05) is 17.2 Å². The molecule has 7 atom stereocenters. The molecule has 0 amide bonds. The lowest BCUT2D eigenvalue weighted by atomic mass is 10.1. The smallest absolute Gasteiger partial charge is 0.340 e. The molecule has 2 aromatic heterocycles. The van der Waals surface area contributed by atoms with Crippen molar-refractivity contribution in [3.05, 3.63) is 47.2 Å². The molecule has 15 nitrogen and oxygen atoms in total. The summed E-state index contributed by atoms with van der Waals surface area (Å²) in [6.07, 6.45) is -3.07. The molecule has 1 fully saturated rings. The van der Waals surface area contributed by atoms with Crippen LogP contribution in [0.2, 0.25) is 5.15 Å². The first-order valence-electron chi connectivity index (χ1n) is 11.6. The van der Waals surface area contributed by atoms with Crippen molar-refractivity contribution >= 4 is 53.2 Å². The fourth-order valence-corrected chi connectivity index (χ4v) is 7.63. The standard InChI is InChI=1S/C21H28ClN5O10P2S/c1-11(12-4-3-5-13(6-12)40(2,23)35)25-15-7-17(22)26-20-14(15)8-24-27(20)21-19(29)18(28)16(37-21)9-36-39(33,34)10-38(30,31)32/h3-8,11,16,18-19,21,23,28-29H,9-10H2,1-2H3,(H,25,26)(H,33,34)(H2,30,31,32)/t11-,16+,18+,19+,21+,40?/m0/s1. The summed E-state index contributed by atoms with van der Waals surface area (Å²) in [5, 5.41) is 29.1. The number of nitrogens with zero attached hydrogens (tertiary/aromatic N) is 3. The number of nitrogens with one attached hydrogen (secondary N) is 2. The minimum absolute atomic E-state index is 0.0620. The van der Waals surface area contributed by atoms with Crippen LogP contribution in [0.15, 0.2) is 41.4 Å². The molecule has 4 rings (SSSR count). The quantitative estimate of drug-likeness (QED) is 0.125. The molecule has 1 aromatic carbocycles. The van der Waals surface area contributed by atoms with Gasteiger partial charge in [-0.25, -0.2) is 18.7 Å². The maximum Gasteiger partial charge on any atom is 0.340 e. The van der Waals surface area contributed by atoms with E-state index in [1.54, 1.807) is 24.3 Å². The van der Waals surface area contributed by atoms with Crippen molar-refractivity contribution < 1.29 is 47.5 Å². The van der Waals surface area contributed by atoms with Crippen LogP contribution in [0.25, 0.3) is 11.0 Å². The number of hydrogen-bond acceptors (Lipinski definition) is 11. The Hall–Kier alpha value is -1.94. The number of aromatic nitrogens is 3. The molecule has 7 N–H and O–H groups in total. The third-order valence-electron chi connectivity index (χ3n) is 6.10. The summed E-state index contributed by atoms with van der Waals surface area (Å²) in [4.78, 5) is 32.2. The Labute approximate surface area is 233 Å². The van der Waals surface area contributed by atoms with Crippen molar-refractivity contribution in [3.8, 4) is 0 Å². The van der Waals surface area contributed by atoms with Gasteiger partial charge in [-0.05, 0) is 30.7 Å². The topological polar surface area (TPSA) is 237 Å². The lowest BCUT2D eigenvalue weighted by molar-refractivity contribution is -0.0541. The number of anilines is 1. The molecule has 0 bridgehead atoms. The molecule has 0 saturated carbocycles. The van der Waals surface area contributed by atoms with Crippen molar-refractivity contribution in [2.45, 2.75) is 42.4 Å². The highest BCUT2D eigenvalue weighted by Crippen LogP contribution is 2.55. The molecule has 1 aliphatic heterocycles. The molecular formula is C21H28ClN5O10P2S. The highest BCUT2D eigenvalue weighted by molar-refractivity contribution is 7.91. The van der Waals surface area contributed by atoms with E-state index < -0.39 is 62.0 Å². The fourth-order valence-electron chi connectivity index (χ4n) is 4.17. The third-order valence-corrected chi connectivity index (χ3v) is 10.9. The number of fused-ring (bicyclic) bond motifs is 1. The number of ether oxygens (including phenoxy) is 1. The van der Waals surface area contributed by atoms with Gasteiger partial charge in [0.1, 0.15) is 23.5 Å². The molecule has 3 heterocycles. The van der Waals surface area contributed by atoms with E-state index in [-0.39, 0.29) is 16.8 Å². The average Bonchev–Trinajstić information content (AvgIpc) is 3.36. The molecule has 0 spiro atoms. The Kier molecular flexibility index (Phi) is 8.82. The van der Waals surface area contributed by atoms with Crippen LogP contribution >= 0.6 is 26.8 Å². The monoisotopic (exact) mass is 639 g/mol. The number of halogens is 1. The summed E-state index contributed by atoms with van der Waals surface area (Å²) in [6.45, 7) is 1.10. The van der Waals surface area contributed by atoms with Gasteiger partial charge in [-0.1, -0.05) is 23.7 Å². The van der Waals surface area contributed by atoms with Gasteiger partial charge in [-0.2, -0.15) is 5.10 Å². The summed E-state index contributed by atoms with van der Waals surface area (Å²) < 4.78 is 54.6. The van der Waals surface area contributed by atoms with Crippen molar-refractivity contribution in [3.63, 3.8) is 0 Å². The van der Waals surface area contributed by atoms with Crippen LogP contribution in [-0.4, -0.2) is 80.9 Å². The SMILES string of the molecule is C[C@H](Nc1cc(Cl)nc2c1cnn2[C@@H]1O[C@H](COP(=O)(O)CP(=O)(O)O)[C@@H](O)[C@H]1O)c1cccc(S(C)(=N)=O)c1. The lowest BCUT2D eigenvalue weighted by Gasteiger charge is -2.19. The first kappa shape index (κ1) is 31.0. The Morgan fingerprint density at radius 2 is 1.95 bits per heavy atom. The van der Waals surface area contributed by atoms with Crippen molar-refractivity contribution in [2.75, 3.05) is 24.1 Å². The molecule has 19 heteroatoms. The minimum atomic E-state index is -4.86. The van der Waals surface area contributed by atoms with Crippen LogP contribution in [0, 0.1) is 4.78 Å². The molecule has 0 aliphatic carbocycles. The van der Waals surface area contributed by atoms with Gasteiger partial charge in [0.05, 0.1) is 33.6 Å². The summed E-state index contributed by atoms with van der Waals surface area (Å²) in [6, 6.07) is 8.04. The maximum atomic E-state index is 12.2. The predicted octanol–water partition coefficient (Wildman–Crippen LogP) is 2.25. The second-order valence-corrected chi connectivity index (χ2v) is 15.9. The summed E-state index contributed by atoms with van der Waals surface area (Å²) in [5.41, 5.74) is 1.44. The van der Waals surface area contributed by atoms with E-state index in [9.17, 15) is 28.4 Å². The van der Waals surface area contributed by atoms with E-state index in [0.717, 1.165) is 5.56 Å². The van der Waals surface area contributed by atoms with Crippen LogP contribution in [-0.2, 0) is 28.1 Å². The number of hydrogen-bond donors (Lipinski definition) is 7. The van der Waals surface area contributed by atoms with E-state index in [1.165, 1.54) is 17.1 Å². The third kappa shape index (κ3) is 7.09. The van der Waals surface area contributed by atoms with Crippen molar-refractivity contribution in [2.24, 2.45) is 0 Å². The van der Waals surface area contributed by atoms with E-state index in [1.807, 2.05) is 13.0 Å². The second-order valence-electron chi connectivity index (χ2n) is 9.39. The Morgan fingerprint density at radius 1 is 1.25 bits per heavy atom. The Morgan fingerprint density at radius 3 is 2.60 bits per heavy atom. The van der Waals surface area contributed by atoms with Crippen molar-refractivity contribution in [1.82, 2.24) is 14.8 Å². The van der Waals surface area contributed by atoms with E-state index in [2.05, 4.69) is 15.4 Å². The largest absolute Gasteiger partial charge is 0.387 e. The van der Waals surface area contributed by atoms with Gasteiger partial charge in [0.15, 0.2) is 17.8 Å². The zero-order chi connectivity index (χ0) is 29.6. The maximum absolute atomic E-state index is 12.2. The predicted molar refractivity (Wildman–Crippen MR) is 145 cm³/mol. The molecule has 0 radical (unpaired) electrons. The van der Waals surface area contributed by atoms with E-state index >= 15 is 0 Å². The average molecular weight is 640 g/mol. The Balaban J connectivity index is 1.57. The van der Waals surface area contributed by atoms with Gasteiger partial charge in [-0.15, -0.1) is 0 Å². The molecule has 3 aromatic rings. The van der Waals surface area contributed by atoms with Gasteiger partial charge in [-0.3, -0.25) is 9.13 Å². The summed E-state index contributed by atoms with van der Waals surface area (Å²) in [5.74, 6) is -1.42. The van der Waals surface area contributed by atoms with Crippen LogP contribution in [0.5, 0.6) is 0 Å². The van der Waals surface area contributed by atoms with Gasteiger partial charge in [0.25, 0.3) is 0 Å². The highest BCUT2D eigenvalue weighted by atomic mass is 35.5. The first-order valence-corrected chi connectivity index (χ1v) is 17.5. The zero-order valence-electron chi connectivity index (χ0n) is 21.1. The van der Waals surface area contributed by atoms with Crippen LogP contribution in [0.1, 0.15) is 24.8 Å². The molecule has 40 heavy (non-hydrogen) atoms. The summed E-state index contributed by atoms with van der Waals surface area (Å²) in [7, 11) is -12.5. The van der Waals surface area contributed by atoms with Crippen LogP contribution in [0.3, 0.4) is 0 Å².